The Balaban J connectivity index is 1.61. The van der Waals surface area contributed by atoms with Gasteiger partial charge in [-0.25, -0.2) is 9.97 Å². The molecule has 26 heavy (non-hydrogen) atoms. The van der Waals surface area contributed by atoms with Crippen molar-refractivity contribution in [2.24, 2.45) is 0 Å². The number of esters is 1. The Labute approximate surface area is 154 Å². The second-order valence-electron chi connectivity index (χ2n) is 5.64. The summed E-state index contributed by atoms with van der Waals surface area (Å²) < 4.78 is 12.7. The average molecular weight is 367 g/mol. The van der Waals surface area contributed by atoms with E-state index in [1.54, 1.807) is 6.92 Å². The summed E-state index contributed by atoms with van der Waals surface area (Å²) in [5, 5.41) is 0.584. The number of carbonyl (C=O) groups excluding carboxylic acids is 1. The Morgan fingerprint density at radius 1 is 1.12 bits per heavy atom. The topological polar surface area (TPSA) is 70.2 Å². The first-order chi connectivity index (χ1) is 12.7. The van der Waals surface area contributed by atoms with E-state index in [9.17, 15) is 4.79 Å². The van der Waals surface area contributed by atoms with Crippen molar-refractivity contribution in [2.45, 2.75) is 24.4 Å². The molecule has 4 aromatic rings. The van der Waals surface area contributed by atoms with Crippen molar-refractivity contribution < 1.29 is 13.9 Å². The molecule has 132 valence electrons. The molecule has 0 fully saturated rings. The molecule has 0 spiro atoms. The zero-order valence-corrected chi connectivity index (χ0v) is 15.0. The molecule has 0 saturated heterocycles. The molecule has 2 aromatic heterocycles. The average Bonchev–Trinajstić information content (AvgIpc) is 3.21. The Morgan fingerprint density at radius 3 is 2.69 bits per heavy atom. The number of thioether (sulfide) groups is 1. The number of hydrogen-bond acceptors (Lipinski definition) is 6. The first kappa shape index (κ1) is 16.7. The fraction of sp³-hybridized carbons (Fsp3) is 0.211. The summed E-state index contributed by atoms with van der Waals surface area (Å²) in [5.74, 6) is 1.05. The summed E-state index contributed by atoms with van der Waals surface area (Å²) >= 11 is 1.46. The highest BCUT2D eigenvalue weighted by Crippen LogP contribution is 2.27. The smallest absolute Gasteiger partial charge is 0.326 e. The number of imidazole rings is 1. The van der Waals surface area contributed by atoms with Crippen LogP contribution in [0.15, 0.2) is 58.2 Å². The van der Waals surface area contributed by atoms with Crippen LogP contribution in [0.1, 0.15) is 12.7 Å². The highest BCUT2D eigenvalue weighted by molar-refractivity contribution is 7.98. The van der Waals surface area contributed by atoms with Crippen LogP contribution in [-0.4, -0.2) is 27.1 Å². The van der Waals surface area contributed by atoms with E-state index < -0.39 is 0 Å². The van der Waals surface area contributed by atoms with E-state index >= 15 is 0 Å². The second kappa shape index (κ2) is 7.21. The van der Waals surface area contributed by atoms with E-state index in [0.29, 0.717) is 17.6 Å². The predicted octanol–water partition coefficient (Wildman–Crippen LogP) is 4.03. The molecule has 0 atom stereocenters. The summed E-state index contributed by atoms with van der Waals surface area (Å²) in [6, 6.07) is 15.4. The monoisotopic (exact) mass is 367 g/mol. The van der Waals surface area contributed by atoms with Crippen molar-refractivity contribution in [3.63, 3.8) is 0 Å². The van der Waals surface area contributed by atoms with Crippen molar-refractivity contribution in [3.8, 4) is 0 Å². The molecule has 0 unspecified atom stereocenters. The van der Waals surface area contributed by atoms with Gasteiger partial charge in [0.2, 0.25) is 0 Å². The Morgan fingerprint density at radius 2 is 1.88 bits per heavy atom. The summed E-state index contributed by atoms with van der Waals surface area (Å²) in [4.78, 5) is 21.1. The maximum Gasteiger partial charge on any atom is 0.326 e. The maximum atomic E-state index is 12.0. The SMILES string of the molecule is CCOC(=O)Cn1c(CSc2nc3ccccc3o2)nc2ccccc21. The van der Waals surface area contributed by atoms with Crippen LogP contribution in [-0.2, 0) is 21.8 Å². The number of ether oxygens (including phenoxy) is 1. The number of hydrogen-bond donors (Lipinski definition) is 0. The largest absolute Gasteiger partial charge is 0.465 e. The van der Waals surface area contributed by atoms with E-state index in [4.69, 9.17) is 9.15 Å². The van der Waals surface area contributed by atoms with Gasteiger partial charge in [0.1, 0.15) is 17.9 Å². The van der Waals surface area contributed by atoms with Crippen LogP contribution >= 0.6 is 11.8 Å². The van der Waals surface area contributed by atoms with Gasteiger partial charge < -0.3 is 13.7 Å². The third kappa shape index (κ3) is 3.30. The van der Waals surface area contributed by atoms with Gasteiger partial charge in [-0.2, -0.15) is 0 Å². The van der Waals surface area contributed by atoms with Gasteiger partial charge in [-0.1, -0.05) is 36.0 Å². The van der Waals surface area contributed by atoms with Gasteiger partial charge in [-0.05, 0) is 31.2 Å². The molecule has 7 heteroatoms. The first-order valence-electron chi connectivity index (χ1n) is 8.32. The van der Waals surface area contributed by atoms with Crippen molar-refractivity contribution in [2.75, 3.05) is 6.61 Å². The molecule has 2 heterocycles. The molecule has 0 N–H and O–H groups in total. The molecular weight excluding hydrogens is 350 g/mol. The number of benzene rings is 2. The third-order valence-corrected chi connectivity index (χ3v) is 4.75. The standard InChI is InChI=1S/C19H17N3O3S/c1-2-24-18(23)11-22-15-9-5-3-7-13(15)20-17(22)12-26-19-21-14-8-4-6-10-16(14)25-19/h3-10H,2,11-12H2,1H3. The second-order valence-corrected chi connectivity index (χ2v) is 6.57. The Bertz CT molecular complexity index is 1040. The van der Waals surface area contributed by atoms with Gasteiger partial charge in [-0.15, -0.1) is 0 Å². The lowest BCUT2D eigenvalue weighted by molar-refractivity contribution is -0.143. The maximum absolute atomic E-state index is 12.0. The lowest BCUT2D eigenvalue weighted by Crippen LogP contribution is -2.15. The van der Waals surface area contributed by atoms with E-state index in [2.05, 4.69) is 9.97 Å². The number of rotatable bonds is 6. The highest BCUT2D eigenvalue weighted by atomic mass is 32.2. The van der Waals surface area contributed by atoms with Gasteiger partial charge in [0.25, 0.3) is 5.22 Å². The van der Waals surface area contributed by atoms with Crippen LogP contribution in [0, 0.1) is 0 Å². The molecule has 0 saturated carbocycles. The first-order valence-corrected chi connectivity index (χ1v) is 9.31. The lowest BCUT2D eigenvalue weighted by atomic mass is 10.3. The molecule has 2 aromatic carbocycles. The van der Waals surface area contributed by atoms with Crippen molar-refractivity contribution in [1.29, 1.82) is 0 Å². The minimum absolute atomic E-state index is 0.137. The van der Waals surface area contributed by atoms with E-state index in [0.717, 1.165) is 28.0 Å². The molecule has 0 aliphatic heterocycles. The van der Waals surface area contributed by atoms with Crippen molar-refractivity contribution in [3.05, 3.63) is 54.4 Å². The number of nitrogens with zero attached hydrogens (tertiary/aromatic N) is 3. The lowest BCUT2D eigenvalue weighted by Gasteiger charge is -2.08. The van der Waals surface area contributed by atoms with Gasteiger partial charge in [-0.3, -0.25) is 4.79 Å². The zero-order valence-electron chi connectivity index (χ0n) is 14.2. The fourth-order valence-electron chi connectivity index (χ4n) is 2.79. The molecule has 0 aliphatic rings. The molecule has 0 amide bonds. The van der Waals surface area contributed by atoms with E-state index in [1.165, 1.54) is 11.8 Å². The van der Waals surface area contributed by atoms with Gasteiger partial charge in [0.05, 0.1) is 23.4 Å². The van der Waals surface area contributed by atoms with E-state index in [1.807, 2.05) is 53.1 Å². The van der Waals surface area contributed by atoms with Gasteiger partial charge >= 0.3 is 5.97 Å². The Kier molecular flexibility index (Phi) is 4.62. The van der Waals surface area contributed by atoms with Crippen LogP contribution in [0.25, 0.3) is 22.1 Å². The summed E-state index contributed by atoms with van der Waals surface area (Å²) in [5.41, 5.74) is 3.35. The van der Waals surface area contributed by atoms with Crippen molar-refractivity contribution in [1.82, 2.24) is 14.5 Å². The third-order valence-electron chi connectivity index (χ3n) is 3.93. The number of carbonyl (C=O) groups is 1. The van der Waals surface area contributed by atoms with Crippen LogP contribution in [0.3, 0.4) is 0 Å². The van der Waals surface area contributed by atoms with Crippen LogP contribution in [0.2, 0.25) is 0 Å². The summed E-state index contributed by atoms with van der Waals surface area (Å²) in [6.07, 6.45) is 0. The van der Waals surface area contributed by atoms with Crippen LogP contribution < -0.4 is 0 Å². The van der Waals surface area contributed by atoms with Gasteiger partial charge in [0, 0.05) is 0 Å². The predicted molar refractivity (Wildman–Crippen MR) is 99.9 cm³/mol. The minimum Gasteiger partial charge on any atom is -0.465 e. The molecule has 0 aliphatic carbocycles. The van der Waals surface area contributed by atoms with Crippen molar-refractivity contribution >= 4 is 39.9 Å². The fourth-order valence-corrected chi connectivity index (χ4v) is 3.57. The highest BCUT2D eigenvalue weighted by Gasteiger charge is 2.15. The van der Waals surface area contributed by atoms with Gasteiger partial charge in [0.15, 0.2) is 5.58 Å². The molecule has 6 nitrogen and oxygen atoms in total. The quantitative estimate of drug-likeness (QED) is 0.378. The summed E-state index contributed by atoms with van der Waals surface area (Å²) in [7, 11) is 0. The normalized spacial score (nSPS) is 11.3. The molecule has 4 rings (SSSR count). The Hall–Kier alpha value is -2.80. The minimum atomic E-state index is -0.274. The molecule has 0 radical (unpaired) electrons. The van der Waals surface area contributed by atoms with Crippen LogP contribution in [0.4, 0.5) is 0 Å². The van der Waals surface area contributed by atoms with E-state index in [-0.39, 0.29) is 12.5 Å². The number of para-hydroxylation sites is 4. The number of oxazole rings is 1. The molecular formula is C19H17N3O3S. The zero-order chi connectivity index (χ0) is 17.9. The molecule has 0 bridgehead atoms. The summed E-state index contributed by atoms with van der Waals surface area (Å²) in [6.45, 7) is 2.30. The van der Waals surface area contributed by atoms with Crippen LogP contribution in [0.5, 0.6) is 0 Å². The number of aromatic nitrogens is 3. The number of fused-ring (bicyclic) bond motifs is 2.